The molecular formula is C15H17ClFN3O4S. The summed E-state index contributed by atoms with van der Waals surface area (Å²) in [4.78, 5) is 24.4. The lowest BCUT2D eigenvalue weighted by Gasteiger charge is -2.34. The zero-order chi connectivity index (χ0) is 18.6. The summed E-state index contributed by atoms with van der Waals surface area (Å²) in [6.07, 6.45) is 1.06. The quantitative estimate of drug-likeness (QED) is 0.748. The van der Waals surface area contributed by atoms with Crippen molar-refractivity contribution in [3.8, 4) is 0 Å². The summed E-state index contributed by atoms with van der Waals surface area (Å²) in [6, 6.07) is 3.21. The van der Waals surface area contributed by atoms with E-state index in [1.54, 1.807) is 0 Å². The number of piperazine rings is 1. The number of halogens is 2. The van der Waals surface area contributed by atoms with Crippen molar-refractivity contribution in [2.45, 2.75) is 4.90 Å². The van der Waals surface area contributed by atoms with Crippen molar-refractivity contribution in [1.29, 1.82) is 0 Å². The van der Waals surface area contributed by atoms with Crippen LogP contribution in [0.5, 0.6) is 0 Å². The molecule has 2 amide bonds. The van der Waals surface area contributed by atoms with Crippen LogP contribution in [0.15, 0.2) is 35.7 Å². The number of sulfonamides is 1. The highest BCUT2D eigenvalue weighted by Crippen LogP contribution is 2.23. The fourth-order valence-electron chi connectivity index (χ4n) is 2.31. The summed E-state index contributed by atoms with van der Waals surface area (Å²) in [5.74, 6) is -1.46. The molecule has 1 fully saturated rings. The van der Waals surface area contributed by atoms with E-state index < -0.39 is 21.7 Å². The Kier molecular flexibility index (Phi) is 6.15. The number of hydrogen-bond donors (Lipinski definition) is 1. The average molecular weight is 390 g/mol. The van der Waals surface area contributed by atoms with E-state index in [0.29, 0.717) is 0 Å². The molecule has 0 spiro atoms. The summed E-state index contributed by atoms with van der Waals surface area (Å²) >= 11 is 5.64. The molecule has 1 heterocycles. The maximum absolute atomic E-state index is 13.2. The van der Waals surface area contributed by atoms with Crippen LogP contribution in [0.2, 0.25) is 5.02 Å². The summed E-state index contributed by atoms with van der Waals surface area (Å²) in [5, 5.41) is 2.11. The molecule has 0 atom stereocenters. The largest absolute Gasteiger partial charge is 0.343 e. The third-order valence-electron chi connectivity index (χ3n) is 3.72. The van der Waals surface area contributed by atoms with E-state index in [2.05, 4.69) is 11.9 Å². The first kappa shape index (κ1) is 19.4. The van der Waals surface area contributed by atoms with Gasteiger partial charge in [-0.3, -0.25) is 9.59 Å². The summed E-state index contributed by atoms with van der Waals surface area (Å²) < 4.78 is 39.5. The van der Waals surface area contributed by atoms with Crippen LogP contribution in [-0.4, -0.2) is 62.2 Å². The van der Waals surface area contributed by atoms with Crippen LogP contribution in [0.25, 0.3) is 0 Å². The fraction of sp³-hybridized carbons (Fsp3) is 0.333. The lowest BCUT2D eigenvalue weighted by molar-refractivity contribution is -0.133. The Morgan fingerprint density at radius 1 is 1.28 bits per heavy atom. The standard InChI is InChI=1S/C15H17ClFN3O4S/c1-2-14(21)18-10-15(22)19-5-7-20(8-6-19)25(23,24)11-3-4-13(17)12(16)9-11/h2-4,9H,1,5-8,10H2,(H,18,21). The van der Waals surface area contributed by atoms with Gasteiger partial charge < -0.3 is 10.2 Å². The van der Waals surface area contributed by atoms with Crippen LogP contribution in [-0.2, 0) is 19.6 Å². The van der Waals surface area contributed by atoms with Crippen LogP contribution in [0.4, 0.5) is 4.39 Å². The van der Waals surface area contributed by atoms with Crippen molar-refractivity contribution in [3.05, 3.63) is 41.7 Å². The van der Waals surface area contributed by atoms with Gasteiger partial charge in [0.15, 0.2) is 0 Å². The second-order valence-electron chi connectivity index (χ2n) is 5.28. The molecule has 1 aliphatic rings. The minimum atomic E-state index is -3.82. The van der Waals surface area contributed by atoms with Gasteiger partial charge in [0.05, 0.1) is 16.5 Å². The second-order valence-corrected chi connectivity index (χ2v) is 7.63. The number of carbonyl (C=O) groups excluding carboxylic acids is 2. The van der Waals surface area contributed by atoms with Crippen molar-refractivity contribution in [2.24, 2.45) is 0 Å². The lowest BCUT2D eigenvalue weighted by atomic mass is 10.3. The molecule has 1 aromatic rings. The van der Waals surface area contributed by atoms with E-state index in [1.807, 2.05) is 0 Å². The number of carbonyl (C=O) groups is 2. The van der Waals surface area contributed by atoms with Gasteiger partial charge in [-0.2, -0.15) is 4.31 Å². The maximum atomic E-state index is 13.2. The average Bonchev–Trinajstić information content (AvgIpc) is 2.61. The minimum absolute atomic E-state index is 0.0957. The molecular weight excluding hydrogens is 373 g/mol. The van der Waals surface area contributed by atoms with Crippen molar-refractivity contribution in [2.75, 3.05) is 32.7 Å². The Morgan fingerprint density at radius 3 is 2.48 bits per heavy atom. The molecule has 1 aromatic carbocycles. The third kappa shape index (κ3) is 4.56. The third-order valence-corrected chi connectivity index (χ3v) is 5.90. The van der Waals surface area contributed by atoms with Crippen LogP contribution in [0.1, 0.15) is 0 Å². The van der Waals surface area contributed by atoms with Gasteiger partial charge in [-0.1, -0.05) is 18.2 Å². The van der Waals surface area contributed by atoms with Gasteiger partial charge in [0, 0.05) is 26.2 Å². The predicted octanol–water partition coefficient (Wildman–Crippen LogP) is 0.614. The van der Waals surface area contributed by atoms with Crippen LogP contribution in [0.3, 0.4) is 0 Å². The van der Waals surface area contributed by atoms with Gasteiger partial charge in [0.2, 0.25) is 21.8 Å². The van der Waals surface area contributed by atoms with Gasteiger partial charge >= 0.3 is 0 Å². The molecule has 0 bridgehead atoms. The van der Waals surface area contributed by atoms with Crippen LogP contribution < -0.4 is 5.32 Å². The molecule has 136 valence electrons. The molecule has 25 heavy (non-hydrogen) atoms. The van der Waals surface area contributed by atoms with Crippen molar-refractivity contribution in [3.63, 3.8) is 0 Å². The molecule has 1 aliphatic heterocycles. The normalized spacial score (nSPS) is 15.7. The maximum Gasteiger partial charge on any atom is 0.243 e. The second kappa shape index (κ2) is 7.94. The highest BCUT2D eigenvalue weighted by molar-refractivity contribution is 7.89. The number of amides is 2. The number of nitrogens with one attached hydrogen (secondary N) is 1. The zero-order valence-corrected chi connectivity index (χ0v) is 14.8. The molecule has 2 rings (SSSR count). The van der Waals surface area contributed by atoms with Gasteiger partial charge in [-0.25, -0.2) is 12.8 Å². The van der Waals surface area contributed by atoms with Gasteiger partial charge in [-0.05, 0) is 24.3 Å². The zero-order valence-electron chi connectivity index (χ0n) is 13.2. The Hall–Kier alpha value is -1.97. The summed E-state index contributed by atoms with van der Waals surface area (Å²) in [7, 11) is -3.82. The van der Waals surface area contributed by atoms with Gasteiger partial charge in [0.25, 0.3) is 0 Å². The Labute approximate surface area is 150 Å². The number of rotatable bonds is 5. The molecule has 1 N–H and O–H groups in total. The number of benzene rings is 1. The van der Waals surface area contributed by atoms with E-state index in [-0.39, 0.29) is 48.5 Å². The molecule has 0 aromatic heterocycles. The lowest BCUT2D eigenvalue weighted by Crippen LogP contribution is -2.52. The molecule has 0 saturated carbocycles. The molecule has 0 unspecified atom stereocenters. The van der Waals surface area contributed by atoms with Crippen molar-refractivity contribution in [1.82, 2.24) is 14.5 Å². The summed E-state index contributed by atoms with van der Waals surface area (Å²) in [6.45, 7) is 3.68. The molecule has 1 saturated heterocycles. The molecule has 0 radical (unpaired) electrons. The van der Waals surface area contributed by atoms with Crippen molar-refractivity contribution < 1.29 is 22.4 Å². The smallest absolute Gasteiger partial charge is 0.243 e. The Morgan fingerprint density at radius 2 is 1.92 bits per heavy atom. The predicted molar refractivity (Wildman–Crippen MR) is 90.0 cm³/mol. The first-order valence-corrected chi connectivity index (χ1v) is 9.20. The number of hydrogen-bond acceptors (Lipinski definition) is 4. The highest BCUT2D eigenvalue weighted by Gasteiger charge is 2.30. The van der Waals surface area contributed by atoms with Crippen molar-refractivity contribution >= 4 is 33.4 Å². The molecule has 0 aliphatic carbocycles. The first-order chi connectivity index (χ1) is 11.8. The highest BCUT2D eigenvalue weighted by atomic mass is 35.5. The molecule has 10 heteroatoms. The van der Waals surface area contributed by atoms with E-state index >= 15 is 0 Å². The van der Waals surface area contributed by atoms with E-state index in [9.17, 15) is 22.4 Å². The Balaban J connectivity index is 1.98. The first-order valence-electron chi connectivity index (χ1n) is 7.39. The van der Waals surface area contributed by atoms with Gasteiger partial charge in [-0.15, -0.1) is 0 Å². The summed E-state index contributed by atoms with van der Waals surface area (Å²) in [5.41, 5.74) is 0. The minimum Gasteiger partial charge on any atom is -0.343 e. The monoisotopic (exact) mass is 389 g/mol. The number of nitrogens with zero attached hydrogens (tertiary/aromatic N) is 2. The van der Waals surface area contributed by atoms with Crippen LogP contribution in [0, 0.1) is 5.82 Å². The fourth-order valence-corrected chi connectivity index (χ4v) is 4.01. The van der Waals surface area contributed by atoms with Gasteiger partial charge in [0.1, 0.15) is 5.82 Å². The topological polar surface area (TPSA) is 86.8 Å². The van der Waals surface area contributed by atoms with E-state index in [4.69, 9.17) is 11.6 Å². The van der Waals surface area contributed by atoms with E-state index in [0.717, 1.165) is 24.3 Å². The van der Waals surface area contributed by atoms with Crippen LogP contribution >= 0.6 is 11.6 Å². The molecule has 7 nitrogen and oxygen atoms in total. The SMILES string of the molecule is C=CC(=O)NCC(=O)N1CCN(S(=O)(=O)c2ccc(F)c(Cl)c2)CC1. The van der Waals surface area contributed by atoms with E-state index in [1.165, 1.54) is 9.21 Å². The Bertz CT molecular complexity index is 792.